The van der Waals surface area contributed by atoms with Gasteiger partial charge in [0.2, 0.25) is 0 Å². The number of anilines is 1. The number of nitrogens with one attached hydrogen (secondary N) is 1. The fourth-order valence-electron chi connectivity index (χ4n) is 1.81. The van der Waals surface area contributed by atoms with Gasteiger partial charge in [-0.05, 0) is 19.8 Å². The van der Waals surface area contributed by atoms with E-state index in [4.69, 9.17) is 0 Å². The van der Waals surface area contributed by atoms with Crippen LogP contribution < -0.4 is 5.32 Å². The largest absolute Gasteiger partial charge is 0.373 e. The van der Waals surface area contributed by atoms with Crippen molar-refractivity contribution < 1.29 is 0 Å². The van der Waals surface area contributed by atoms with Crippen LogP contribution in [0.5, 0.6) is 0 Å². The second kappa shape index (κ2) is 3.32. The van der Waals surface area contributed by atoms with Crippen molar-refractivity contribution >= 4 is 5.82 Å². The minimum Gasteiger partial charge on any atom is -0.373 e. The van der Waals surface area contributed by atoms with Crippen molar-refractivity contribution in [2.75, 3.05) is 12.4 Å². The molecular weight excluding hydrogens is 162 g/mol. The Bertz CT molecular complexity index is 305. The number of aromatic nitrogens is 2. The molecule has 1 aliphatic rings. The van der Waals surface area contributed by atoms with Crippen molar-refractivity contribution in [1.82, 2.24) is 9.97 Å². The Balaban J connectivity index is 2.33. The summed E-state index contributed by atoms with van der Waals surface area (Å²) < 4.78 is 0. The summed E-state index contributed by atoms with van der Waals surface area (Å²) in [5, 5.41) is 3.09. The minimum atomic E-state index is 0.690. The summed E-state index contributed by atoms with van der Waals surface area (Å²) in [5.41, 5.74) is 2.46. The molecule has 1 aliphatic carbocycles. The predicted molar refractivity (Wildman–Crippen MR) is 52.9 cm³/mol. The third-order valence-corrected chi connectivity index (χ3v) is 2.85. The van der Waals surface area contributed by atoms with E-state index in [-0.39, 0.29) is 0 Å². The van der Waals surface area contributed by atoms with Crippen LogP contribution in [0.15, 0.2) is 6.33 Å². The van der Waals surface area contributed by atoms with E-state index >= 15 is 0 Å². The summed E-state index contributed by atoms with van der Waals surface area (Å²) in [6.45, 7) is 2.10. The van der Waals surface area contributed by atoms with Crippen LogP contribution in [-0.4, -0.2) is 17.0 Å². The fourth-order valence-corrected chi connectivity index (χ4v) is 1.81. The summed E-state index contributed by atoms with van der Waals surface area (Å²) in [6, 6.07) is 0. The lowest BCUT2D eigenvalue weighted by atomic mass is 9.81. The van der Waals surface area contributed by atoms with Crippen LogP contribution >= 0.6 is 0 Å². The molecule has 3 nitrogen and oxygen atoms in total. The first-order chi connectivity index (χ1) is 6.33. The van der Waals surface area contributed by atoms with Gasteiger partial charge in [0.1, 0.15) is 12.1 Å². The monoisotopic (exact) mass is 177 g/mol. The molecule has 1 saturated carbocycles. The van der Waals surface area contributed by atoms with E-state index in [2.05, 4.69) is 22.2 Å². The fraction of sp³-hybridized carbons (Fsp3) is 0.600. The van der Waals surface area contributed by atoms with Gasteiger partial charge in [0.15, 0.2) is 0 Å². The Morgan fingerprint density at radius 1 is 1.38 bits per heavy atom. The van der Waals surface area contributed by atoms with E-state index in [0.29, 0.717) is 5.92 Å². The van der Waals surface area contributed by atoms with Crippen LogP contribution in [0.25, 0.3) is 0 Å². The number of hydrogen-bond donors (Lipinski definition) is 1. The van der Waals surface area contributed by atoms with Crippen LogP contribution in [0.3, 0.4) is 0 Å². The van der Waals surface area contributed by atoms with Gasteiger partial charge in [0.05, 0.1) is 5.69 Å². The average Bonchev–Trinajstić information content (AvgIpc) is 2.05. The van der Waals surface area contributed by atoms with Crippen molar-refractivity contribution in [2.24, 2.45) is 0 Å². The second-order valence-electron chi connectivity index (χ2n) is 3.61. The molecule has 13 heavy (non-hydrogen) atoms. The van der Waals surface area contributed by atoms with Crippen LogP contribution in [0.1, 0.15) is 36.4 Å². The van der Waals surface area contributed by atoms with Crippen molar-refractivity contribution in [3.8, 4) is 0 Å². The van der Waals surface area contributed by atoms with Gasteiger partial charge in [-0.3, -0.25) is 0 Å². The molecule has 0 unspecified atom stereocenters. The lowest BCUT2D eigenvalue weighted by molar-refractivity contribution is 0.409. The summed E-state index contributed by atoms with van der Waals surface area (Å²) in [5.74, 6) is 1.66. The van der Waals surface area contributed by atoms with E-state index in [1.807, 2.05) is 7.05 Å². The normalized spacial score (nSPS) is 16.8. The third kappa shape index (κ3) is 1.39. The van der Waals surface area contributed by atoms with Gasteiger partial charge in [-0.2, -0.15) is 0 Å². The zero-order chi connectivity index (χ0) is 9.26. The maximum atomic E-state index is 4.36. The quantitative estimate of drug-likeness (QED) is 0.751. The van der Waals surface area contributed by atoms with Crippen molar-refractivity contribution in [3.63, 3.8) is 0 Å². The van der Waals surface area contributed by atoms with Gasteiger partial charge in [-0.15, -0.1) is 0 Å². The third-order valence-electron chi connectivity index (χ3n) is 2.85. The van der Waals surface area contributed by atoms with Gasteiger partial charge in [-0.1, -0.05) is 6.42 Å². The molecule has 0 aromatic carbocycles. The Kier molecular flexibility index (Phi) is 2.17. The molecule has 0 atom stereocenters. The van der Waals surface area contributed by atoms with Crippen molar-refractivity contribution in [1.29, 1.82) is 0 Å². The van der Waals surface area contributed by atoms with Gasteiger partial charge in [0, 0.05) is 18.5 Å². The van der Waals surface area contributed by atoms with Crippen LogP contribution in [0.2, 0.25) is 0 Å². The Morgan fingerprint density at radius 3 is 2.69 bits per heavy atom. The Labute approximate surface area is 78.6 Å². The topological polar surface area (TPSA) is 37.8 Å². The molecule has 0 amide bonds. The predicted octanol–water partition coefficient (Wildman–Crippen LogP) is 2.09. The highest BCUT2D eigenvalue weighted by molar-refractivity contribution is 5.45. The molecule has 1 N–H and O–H groups in total. The first-order valence-electron chi connectivity index (χ1n) is 4.82. The molecule has 0 bridgehead atoms. The second-order valence-corrected chi connectivity index (χ2v) is 3.61. The molecule has 0 radical (unpaired) electrons. The van der Waals surface area contributed by atoms with E-state index in [1.54, 1.807) is 6.33 Å². The standard InChI is InChI=1S/C10H15N3/c1-7-9(8-4-3-5-8)12-6-13-10(7)11-2/h6,8H,3-5H2,1-2H3,(H,11,12,13). The Morgan fingerprint density at radius 2 is 2.15 bits per heavy atom. The Hall–Kier alpha value is -1.12. The lowest BCUT2D eigenvalue weighted by Gasteiger charge is -2.26. The summed E-state index contributed by atoms with van der Waals surface area (Å²) >= 11 is 0. The molecule has 3 heteroatoms. The molecule has 1 aromatic rings. The van der Waals surface area contributed by atoms with Crippen molar-refractivity contribution in [2.45, 2.75) is 32.1 Å². The van der Waals surface area contributed by atoms with Gasteiger partial charge < -0.3 is 5.32 Å². The number of rotatable bonds is 2. The number of hydrogen-bond acceptors (Lipinski definition) is 3. The molecule has 1 heterocycles. The first kappa shape index (κ1) is 8.48. The van der Waals surface area contributed by atoms with Crippen LogP contribution in [0.4, 0.5) is 5.82 Å². The van der Waals surface area contributed by atoms with E-state index < -0.39 is 0 Å². The zero-order valence-corrected chi connectivity index (χ0v) is 8.17. The molecule has 0 aliphatic heterocycles. The summed E-state index contributed by atoms with van der Waals surface area (Å²) in [6.07, 6.45) is 5.59. The molecular formula is C10H15N3. The van der Waals surface area contributed by atoms with Crippen molar-refractivity contribution in [3.05, 3.63) is 17.6 Å². The highest BCUT2D eigenvalue weighted by Gasteiger charge is 2.23. The van der Waals surface area contributed by atoms with Gasteiger partial charge >= 0.3 is 0 Å². The molecule has 1 fully saturated rings. The smallest absolute Gasteiger partial charge is 0.132 e. The van der Waals surface area contributed by atoms with Crippen LogP contribution in [-0.2, 0) is 0 Å². The van der Waals surface area contributed by atoms with Crippen LogP contribution in [0, 0.1) is 6.92 Å². The lowest BCUT2D eigenvalue weighted by Crippen LogP contribution is -2.13. The number of nitrogens with zero attached hydrogens (tertiary/aromatic N) is 2. The molecule has 0 saturated heterocycles. The molecule has 1 aromatic heterocycles. The highest BCUT2D eigenvalue weighted by atomic mass is 15.0. The molecule has 70 valence electrons. The zero-order valence-electron chi connectivity index (χ0n) is 8.17. The maximum Gasteiger partial charge on any atom is 0.132 e. The van der Waals surface area contributed by atoms with E-state index in [9.17, 15) is 0 Å². The van der Waals surface area contributed by atoms with E-state index in [1.165, 1.54) is 30.5 Å². The molecule has 2 rings (SSSR count). The van der Waals surface area contributed by atoms with Gasteiger partial charge in [-0.25, -0.2) is 9.97 Å². The summed E-state index contributed by atoms with van der Waals surface area (Å²) in [4.78, 5) is 8.53. The summed E-state index contributed by atoms with van der Waals surface area (Å²) in [7, 11) is 1.90. The van der Waals surface area contributed by atoms with E-state index in [0.717, 1.165) is 5.82 Å². The maximum absolute atomic E-state index is 4.36. The molecule has 0 spiro atoms. The first-order valence-corrected chi connectivity index (χ1v) is 4.82. The van der Waals surface area contributed by atoms with Gasteiger partial charge in [0.25, 0.3) is 0 Å². The minimum absolute atomic E-state index is 0.690. The average molecular weight is 177 g/mol. The highest BCUT2D eigenvalue weighted by Crippen LogP contribution is 2.37. The SMILES string of the molecule is CNc1ncnc(C2CCC2)c1C.